The van der Waals surface area contributed by atoms with E-state index in [2.05, 4.69) is 0 Å². The molecule has 0 aliphatic heterocycles. The lowest BCUT2D eigenvalue weighted by molar-refractivity contribution is 0.439. The number of rotatable bonds is 4. The van der Waals surface area contributed by atoms with Crippen LogP contribution in [-0.4, -0.2) is 23.2 Å². The van der Waals surface area contributed by atoms with Gasteiger partial charge < -0.3 is 10.2 Å². The first-order valence-corrected chi connectivity index (χ1v) is 10.8. The Hall–Kier alpha value is -1.67. The summed E-state index contributed by atoms with van der Waals surface area (Å²) in [6, 6.07) is 11.5. The molecule has 29 heavy (non-hydrogen) atoms. The maximum Gasteiger partial charge on any atom is 0.283 e. The predicted octanol–water partition coefficient (Wildman–Crippen LogP) is 5.89. The van der Waals surface area contributed by atoms with E-state index in [0.717, 1.165) is 18.2 Å². The van der Waals surface area contributed by atoms with Crippen molar-refractivity contribution in [3.05, 3.63) is 91.4 Å². The van der Waals surface area contributed by atoms with Gasteiger partial charge in [-0.2, -0.15) is 8.42 Å². The van der Waals surface area contributed by atoms with Crippen molar-refractivity contribution in [2.75, 3.05) is 0 Å². The van der Waals surface area contributed by atoms with Gasteiger partial charge in [0.1, 0.15) is 11.5 Å². The number of hydrogen-bond donors (Lipinski definition) is 3. The molecular weight excluding hydrogens is 482 g/mol. The number of halogens is 4. The topological polar surface area (TPSA) is 94.8 Å². The molecule has 0 amide bonds. The number of phenolic OH excluding ortho intramolecular Hbond substituents is 2. The second kappa shape index (κ2) is 7.87. The van der Waals surface area contributed by atoms with Gasteiger partial charge in [-0.1, -0.05) is 64.6 Å². The third kappa shape index (κ3) is 3.77. The third-order valence-electron chi connectivity index (χ3n) is 4.37. The monoisotopic (exact) mass is 492 g/mol. The normalized spacial score (nSPS) is 13.8. The predicted molar refractivity (Wildman–Crippen MR) is 114 cm³/mol. The lowest BCUT2D eigenvalue weighted by Gasteiger charge is -2.34. The molecule has 3 N–H and O–H groups in total. The van der Waals surface area contributed by atoms with Gasteiger partial charge in [0.05, 0.1) is 5.02 Å². The van der Waals surface area contributed by atoms with E-state index in [4.69, 9.17) is 46.4 Å². The van der Waals surface area contributed by atoms with E-state index in [0.29, 0.717) is 0 Å². The lowest BCUT2D eigenvalue weighted by atomic mass is 9.83. The molecular formula is C19H12Cl4O5S. The molecule has 0 radical (unpaired) electrons. The van der Waals surface area contributed by atoms with Crippen molar-refractivity contribution in [2.24, 2.45) is 0 Å². The van der Waals surface area contributed by atoms with Crippen LogP contribution in [0.15, 0.2) is 54.6 Å². The highest BCUT2D eigenvalue weighted by atomic mass is 35.5. The van der Waals surface area contributed by atoms with Crippen molar-refractivity contribution < 1.29 is 23.2 Å². The minimum Gasteiger partial charge on any atom is -0.508 e. The van der Waals surface area contributed by atoms with E-state index < -0.39 is 26.4 Å². The van der Waals surface area contributed by atoms with Crippen molar-refractivity contribution in [3.63, 3.8) is 0 Å². The average Bonchev–Trinajstić information content (AvgIpc) is 2.60. The zero-order valence-corrected chi connectivity index (χ0v) is 18.1. The molecule has 0 saturated heterocycles. The van der Waals surface area contributed by atoms with Crippen LogP contribution < -0.4 is 0 Å². The fraction of sp³-hybridized carbons (Fsp3) is 0.0526. The smallest absolute Gasteiger partial charge is 0.283 e. The molecule has 0 bridgehead atoms. The van der Waals surface area contributed by atoms with Crippen LogP contribution in [0.5, 0.6) is 11.5 Å². The minimum atomic E-state index is -5.09. The molecule has 1 atom stereocenters. The first kappa shape index (κ1) is 22.0. The van der Waals surface area contributed by atoms with Crippen molar-refractivity contribution in [1.29, 1.82) is 0 Å². The van der Waals surface area contributed by atoms with Crippen LogP contribution >= 0.6 is 46.4 Å². The van der Waals surface area contributed by atoms with Crippen molar-refractivity contribution in [2.45, 2.75) is 4.75 Å². The molecule has 0 spiro atoms. The summed E-state index contributed by atoms with van der Waals surface area (Å²) in [7, 11) is -5.09. The Morgan fingerprint density at radius 2 is 1.38 bits per heavy atom. The van der Waals surface area contributed by atoms with Gasteiger partial charge in [0, 0.05) is 26.2 Å². The Bertz CT molecular complexity index is 1210. The third-order valence-corrected chi connectivity index (χ3v) is 6.91. The Balaban J connectivity index is 2.61. The van der Waals surface area contributed by atoms with E-state index in [1.807, 2.05) is 0 Å². The van der Waals surface area contributed by atoms with Crippen molar-refractivity contribution in [1.82, 2.24) is 0 Å². The summed E-state index contributed by atoms with van der Waals surface area (Å²) in [4.78, 5) is 0. The van der Waals surface area contributed by atoms with E-state index in [1.54, 1.807) is 0 Å². The Kier molecular flexibility index (Phi) is 5.98. The molecule has 3 rings (SSSR count). The highest BCUT2D eigenvalue weighted by molar-refractivity contribution is 7.87. The quantitative estimate of drug-likeness (QED) is 0.311. The number of aromatic hydroxyl groups is 2. The van der Waals surface area contributed by atoms with Crippen LogP contribution in [0.1, 0.15) is 16.7 Å². The fourth-order valence-corrected chi connectivity index (χ4v) is 5.46. The first-order valence-electron chi connectivity index (χ1n) is 7.89. The van der Waals surface area contributed by atoms with Gasteiger partial charge in [0.25, 0.3) is 10.1 Å². The van der Waals surface area contributed by atoms with Gasteiger partial charge in [-0.05, 0) is 42.0 Å². The summed E-state index contributed by atoms with van der Waals surface area (Å²) >= 11 is 24.2. The summed E-state index contributed by atoms with van der Waals surface area (Å²) in [5.41, 5.74) is -0.535. The molecule has 5 nitrogen and oxygen atoms in total. The molecule has 3 aromatic carbocycles. The van der Waals surface area contributed by atoms with Gasteiger partial charge in [-0.3, -0.25) is 4.55 Å². The maximum atomic E-state index is 12.9. The Morgan fingerprint density at radius 1 is 0.724 bits per heavy atom. The van der Waals surface area contributed by atoms with Gasteiger partial charge in [-0.15, -0.1) is 0 Å². The largest absolute Gasteiger partial charge is 0.508 e. The molecule has 152 valence electrons. The summed E-state index contributed by atoms with van der Waals surface area (Å²) in [6.45, 7) is 0. The van der Waals surface area contributed by atoms with Gasteiger partial charge in [0.2, 0.25) is 0 Å². The Labute approximate surface area is 186 Å². The molecule has 0 heterocycles. The molecule has 10 heteroatoms. The van der Waals surface area contributed by atoms with Crippen LogP contribution in [0, 0.1) is 0 Å². The van der Waals surface area contributed by atoms with E-state index in [9.17, 15) is 23.2 Å². The molecule has 0 aliphatic rings. The standard InChI is InChI=1S/C19H12Cl4O5S/c20-11-3-1-2-10(6-11)19(29(26,27)28,13-5-4-12(21)7-17(13)24)14-8-18(25)16(23)9-15(14)22/h1-9,24-25H,(H,26,27,28). The number of benzene rings is 3. The second-order valence-corrected chi connectivity index (χ2v) is 9.36. The first-order chi connectivity index (χ1) is 13.5. The van der Waals surface area contributed by atoms with Crippen LogP contribution in [0.3, 0.4) is 0 Å². The molecule has 1 unspecified atom stereocenters. The maximum absolute atomic E-state index is 12.9. The van der Waals surface area contributed by atoms with Crippen LogP contribution in [0.4, 0.5) is 0 Å². The Morgan fingerprint density at radius 3 is 1.97 bits per heavy atom. The minimum absolute atomic E-state index is 0.0336. The van der Waals surface area contributed by atoms with Crippen molar-refractivity contribution >= 4 is 56.5 Å². The molecule has 3 aromatic rings. The van der Waals surface area contributed by atoms with Crippen LogP contribution in [0.2, 0.25) is 20.1 Å². The number of phenols is 2. The zero-order chi connectivity index (χ0) is 21.6. The lowest BCUT2D eigenvalue weighted by Crippen LogP contribution is -2.38. The average molecular weight is 494 g/mol. The molecule has 0 fully saturated rings. The zero-order valence-electron chi connectivity index (χ0n) is 14.3. The highest BCUT2D eigenvalue weighted by Crippen LogP contribution is 2.51. The van der Waals surface area contributed by atoms with Crippen LogP contribution in [-0.2, 0) is 14.9 Å². The summed E-state index contributed by atoms with van der Waals surface area (Å²) in [6.07, 6.45) is 0. The van der Waals surface area contributed by atoms with Gasteiger partial charge in [-0.25, -0.2) is 0 Å². The van der Waals surface area contributed by atoms with E-state index >= 15 is 0 Å². The van der Waals surface area contributed by atoms with Crippen molar-refractivity contribution in [3.8, 4) is 11.5 Å². The molecule has 0 saturated carbocycles. The highest BCUT2D eigenvalue weighted by Gasteiger charge is 2.51. The molecule has 0 aromatic heterocycles. The molecule has 0 aliphatic carbocycles. The SMILES string of the molecule is O=S(=O)(O)C(c1cccc(Cl)c1)(c1ccc(Cl)cc1O)c1cc(O)c(Cl)cc1Cl. The van der Waals surface area contributed by atoms with Gasteiger partial charge in [0.15, 0.2) is 4.75 Å². The van der Waals surface area contributed by atoms with E-state index in [-0.39, 0.29) is 36.8 Å². The summed E-state index contributed by atoms with van der Waals surface area (Å²) in [5, 5.41) is 20.7. The summed E-state index contributed by atoms with van der Waals surface area (Å²) in [5.74, 6) is -1.00. The second-order valence-electron chi connectivity index (χ2n) is 6.11. The van der Waals surface area contributed by atoms with Crippen LogP contribution in [0.25, 0.3) is 0 Å². The van der Waals surface area contributed by atoms with E-state index in [1.165, 1.54) is 36.4 Å². The van der Waals surface area contributed by atoms with Gasteiger partial charge >= 0.3 is 0 Å². The fourth-order valence-electron chi connectivity index (χ4n) is 3.20. The number of hydrogen-bond acceptors (Lipinski definition) is 4. The summed E-state index contributed by atoms with van der Waals surface area (Å²) < 4.78 is 33.9.